The molecular weight excluding hydrogens is 252 g/mol. The normalized spacial score (nSPS) is 18.4. The van der Waals surface area contributed by atoms with Crippen LogP contribution in [0.15, 0.2) is 18.2 Å². The molecule has 1 aromatic carbocycles. The molecule has 5 heteroatoms. The highest BCUT2D eigenvalue weighted by Crippen LogP contribution is 2.25. The van der Waals surface area contributed by atoms with Gasteiger partial charge < -0.3 is 15.8 Å². The summed E-state index contributed by atoms with van der Waals surface area (Å²) in [6, 6.07) is 5.50. The molecule has 0 aromatic heterocycles. The maximum Gasteiger partial charge on any atom is 0.244 e. The highest BCUT2D eigenvalue weighted by Gasteiger charge is 2.36. The van der Waals surface area contributed by atoms with Crippen LogP contribution in [0.1, 0.15) is 18.4 Å². The van der Waals surface area contributed by atoms with Crippen LogP contribution in [0.2, 0.25) is 5.02 Å². The predicted molar refractivity (Wildman–Crippen MR) is 71.8 cm³/mol. The number of halogens is 1. The second-order valence-corrected chi connectivity index (χ2v) is 5.11. The van der Waals surface area contributed by atoms with Crippen molar-refractivity contribution in [1.29, 1.82) is 0 Å². The van der Waals surface area contributed by atoms with Crippen molar-refractivity contribution in [2.45, 2.75) is 25.3 Å². The molecule has 1 aromatic rings. The van der Waals surface area contributed by atoms with Crippen molar-refractivity contribution in [2.75, 3.05) is 18.5 Å². The summed E-state index contributed by atoms with van der Waals surface area (Å²) >= 11 is 6.08. The molecule has 0 bridgehead atoms. The van der Waals surface area contributed by atoms with Gasteiger partial charge in [0, 0.05) is 13.2 Å². The van der Waals surface area contributed by atoms with Crippen LogP contribution in [0.3, 0.4) is 0 Å². The second-order valence-electron chi connectivity index (χ2n) is 4.71. The first-order valence-corrected chi connectivity index (χ1v) is 6.33. The molecule has 3 N–H and O–H groups in total. The van der Waals surface area contributed by atoms with E-state index in [1.165, 1.54) is 0 Å². The summed E-state index contributed by atoms with van der Waals surface area (Å²) in [6.07, 6.45) is 1.06. The van der Waals surface area contributed by atoms with Gasteiger partial charge in [0.05, 0.1) is 10.7 Å². The number of benzene rings is 1. The summed E-state index contributed by atoms with van der Waals surface area (Å²) in [5, 5.41) is 3.32. The molecule has 1 aliphatic rings. The average Bonchev–Trinajstić information content (AvgIpc) is 2.33. The largest absolute Gasteiger partial charge is 0.381 e. The topological polar surface area (TPSA) is 64.4 Å². The number of nitrogens with one attached hydrogen (secondary N) is 1. The first-order valence-electron chi connectivity index (χ1n) is 5.95. The van der Waals surface area contributed by atoms with E-state index in [1.807, 2.05) is 19.1 Å². The predicted octanol–water partition coefficient (Wildman–Crippen LogP) is 2.09. The molecule has 0 radical (unpaired) electrons. The smallest absolute Gasteiger partial charge is 0.244 e. The number of hydrogen-bond acceptors (Lipinski definition) is 3. The van der Waals surface area contributed by atoms with Gasteiger partial charge >= 0.3 is 0 Å². The third-order valence-corrected chi connectivity index (χ3v) is 3.52. The van der Waals surface area contributed by atoms with Crippen LogP contribution in [-0.2, 0) is 9.53 Å². The number of anilines is 1. The molecule has 0 atom stereocenters. The Hall–Kier alpha value is -1.10. The molecule has 1 amide bonds. The first kappa shape index (κ1) is 13.3. The fourth-order valence-corrected chi connectivity index (χ4v) is 2.21. The Balaban J connectivity index is 2.11. The van der Waals surface area contributed by atoms with Crippen molar-refractivity contribution in [3.63, 3.8) is 0 Å². The van der Waals surface area contributed by atoms with Crippen LogP contribution in [0, 0.1) is 6.92 Å². The van der Waals surface area contributed by atoms with Gasteiger partial charge in [-0.3, -0.25) is 4.79 Å². The van der Waals surface area contributed by atoms with Crippen LogP contribution in [0.4, 0.5) is 5.69 Å². The lowest BCUT2D eigenvalue weighted by Crippen LogP contribution is -2.54. The third-order valence-electron chi connectivity index (χ3n) is 3.21. The van der Waals surface area contributed by atoms with E-state index in [0.717, 1.165) is 5.56 Å². The van der Waals surface area contributed by atoms with Crippen LogP contribution in [0.25, 0.3) is 0 Å². The van der Waals surface area contributed by atoms with Gasteiger partial charge in [-0.15, -0.1) is 0 Å². The number of rotatable bonds is 2. The standard InChI is InChI=1S/C13H17ClN2O2/c1-9-2-3-11(10(14)8-9)16-12(17)13(15)4-6-18-7-5-13/h2-3,8H,4-7,15H2,1H3,(H,16,17). The average molecular weight is 269 g/mol. The van der Waals surface area contributed by atoms with Crippen molar-refractivity contribution in [3.8, 4) is 0 Å². The third kappa shape index (κ3) is 2.83. The SMILES string of the molecule is Cc1ccc(NC(=O)C2(N)CCOCC2)c(Cl)c1. The van der Waals surface area contributed by atoms with Crippen LogP contribution in [-0.4, -0.2) is 24.7 Å². The van der Waals surface area contributed by atoms with Crippen LogP contribution < -0.4 is 11.1 Å². The number of carbonyl (C=O) groups excluding carboxylic acids is 1. The quantitative estimate of drug-likeness (QED) is 0.863. The Bertz CT molecular complexity index is 456. The monoisotopic (exact) mass is 268 g/mol. The van der Waals surface area contributed by atoms with Gasteiger partial charge in [-0.2, -0.15) is 0 Å². The summed E-state index contributed by atoms with van der Waals surface area (Å²) in [5.41, 5.74) is 6.89. The number of carbonyl (C=O) groups is 1. The van der Waals surface area contributed by atoms with Crippen molar-refractivity contribution in [1.82, 2.24) is 0 Å². The maximum absolute atomic E-state index is 12.2. The van der Waals surface area contributed by atoms with Crippen molar-refractivity contribution >= 4 is 23.2 Å². The lowest BCUT2D eigenvalue weighted by Gasteiger charge is -2.31. The van der Waals surface area contributed by atoms with Gasteiger partial charge in [0.1, 0.15) is 5.54 Å². The van der Waals surface area contributed by atoms with Crippen molar-refractivity contribution in [3.05, 3.63) is 28.8 Å². The number of aryl methyl sites for hydroxylation is 1. The molecule has 0 saturated carbocycles. The zero-order chi connectivity index (χ0) is 13.2. The van der Waals surface area contributed by atoms with E-state index in [4.69, 9.17) is 22.1 Å². The summed E-state index contributed by atoms with van der Waals surface area (Å²) < 4.78 is 5.22. The summed E-state index contributed by atoms with van der Waals surface area (Å²) in [4.78, 5) is 12.2. The van der Waals surface area contributed by atoms with Gasteiger partial charge in [0.25, 0.3) is 0 Å². The fourth-order valence-electron chi connectivity index (χ4n) is 1.93. The molecule has 0 unspecified atom stereocenters. The lowest BCUT2D eigenvalue weighted by molar-refractivity contribution is -0.124. The highest BCUT2D eigenvalue weighted by molar-refractivity contribution is 6.33. The first-order chi connectivity index (χ1) is 8.51. The summed E-state index contributed by atoms with van der Waals surface area (Å²) in [6.45, 7) is 2.98. The van der Waals surface area contributed by atoms with Gasteiger partial charge in [-0.1, -0.05) is 17.7 Å². The van der Waals surface area contributed by atoms with Crippen molar-refractivity contribution in [2.24, 2.45) is 5.73 Å². The van der Waals surface area contributed by atoms with E-state index in [1.54, 1.807) is 6.07 Å². The number of amides is 1. The molecule has 18 heavy (non-hydrogen) atoms. The van der Waals surface area contributed by atoms with Crippen molar-refractivity contribution < 1.29 is 9.53 Å². The van der Waals surface area contributed by atoms with E-state index >= 15 is 0 Å². The Labute approximate surface area is 111 Å². The van der Waals surface area contributed by atoms with E-state index in [9.17, 15) is 4.79 Å². The zero-order valence-corrected chi connectivity index (χ0v) is 11.1. The Morgan fingerprint density at radius 1 is 1.44 bits per heavy atom. The Morgan fingerprint density at radius 2 is 2.11 bits per heavy atom. The second kappa shape index (κ2) is 5.26. The van der Waals surface area contributed by atoms with Crippen LogP contribution in [0.5, 0.6) is 0 Å². The molecular formula is C13H17ClN2O2. The molecule has 4 nitrogen and oxygen atoms in total. The van der Waals surface area contributed by atoms with Gasteiger partial charge in [-0.25, -0.2) is 0 Å². The van der Waals surface area contributed by atoms with Gasteiger partial charge in [0.15, 0.2) is 0 Å². The molecule has 0 spiro atoms. The summed E-state index contributed by atoms with van der Waals surface area (Å²) in [5.74, 6) is -0.198. The molecule has 1 fully saturated rings. The maximum atomic E-state index is 12.2. The summed E-state index contributed by atoms with van der Waals surface area (Å²) in [7, 11) is 0. The Kier molecular flexibility index (Phi) is 3.90. The van der Waals surface area contributed by atoms with E-state index in [0.29, 0.717) is 36.8 Å². The fraction of sp³-hybridized carbons (Fsp3) is 0.462. The minimum atomic E-state index is -0.855. The molecule has 0 aliphatic carbocycles. The molecule has 2 rings (SSSR count). The molecule has 98 valence electrons. The lowest BCUT2D eigenvalue weighted by atomic mass is 9.90. The minimum absolute atomic E-state index is 0.198. The minimum Gasteiger partial charge on any atom is -0.381 e. The van der Waals surface area contributed by atoms with Crippen LogP contribution >= 0.6 is 11.6 Å². The highest BCUT2D eigenvalue weighted by atomic mass is 35.5. The molecule has 1 aliphatic heterocycles. The van der Waals surface area contributed by atoms with E-state index < -0.39 is 5.54 Å². The Morgan fingerprint density at radius 3 is 2.72 bits per heavy atom. The van der Waals surface area contributed by atoms with E-state index in [-0.39, 0.29) is 5.91 Å². The number of ether oxygens (including phenoxy) is 1. The zero-order valence-electron chi connectivity index (χ0n) is 10.3. The molecule has 1 heterocycles. The number of nitrogens with two attached hydrogens (primary N) is 1. The van der Waals surface area contributed by atoms with Gasteiger partial charge in [0.2, 0.25) is 5.91 Å². The van der Waals surface area contributed by atoms with E-state index in [2.05, 4.69) is 5.32 Å². The number of hydrogen-bond donors (Lipinski definition) is 2. The molecule has 1 saturated heterocycles. The van der Waals surface area contributed by atoms with Gasteiger partial charge in [-0.05, 0) is 37.5 Å².